The molecule has 0 spiro atoms. The lowest BCUT2D eigenvalue weighted by Gasteiger charge is -2.10. The Bertz CT molecular complexity index is 289. The molecule has 0 aliphatic heterocycles. The average molecular weight is 234 g/mol. The third-order valence-electron chi connectivity index (χ3n) is 1.99. The molecule has 1 aromatic rings. The zero-order chi connectivity index (χ0) is 9.26. The van der Waals surface area contributed by atoms with Crippen molar-refractivity contribution in [3.63, 3.8) is 0 Å². The number of rotatable bonds is 4. The molecule has 0 unspecified atom stereocenters. The monoisotopic (exact) mass is 234 g/mol. The first-order chi connectivity index (χ1) is 6.31. The topological polar surface area (TPSA) is 56.3 Å². The minimum absolute atomic E-state index is 0. The Morgan fingerprint density at radius 2 is 2.43 bits per heavy atom. The Hall–Kier alpha value is -0.370. The van der Waals surface area contributed by atoms with E-state index in [1.807, 2.05) is 24.0 Å². The highest BCUT2D eigenvalue weighted by Gasteiger charge is 2.24. The Kier molecular flexibility index (Phi) is 4.11. The van der Waals surface area contributed by atoms with E-state index in [2.05, 4.69) is 9.38 Å². The molecule has 1 heterocycles. The number of hydrogen-bond acceptors (Lipinski definition) is 5. The number of nitrogens with two attached hydrogens (primary N) is 1. The van der Waals surface area contributed by atoms with Crippen LogP contribution in [0.4, 0.5) is 5.82 Å². The van der Waals surface area contributed by atoms with Gasteiger partial charge in [0, 0.05) is 19.3 Å². The third kappa shape index (κ3) is 2.57. The van der Waals surface area contributed by atoms with Crippen LogP contribution in [0.5, 0.6) is 0 Å². The molecule has 7 heteroatoms. The Balaban J connectivity index is 0.000000980. The molecule has 14 heavy (non-hydrogen) atoms. The lowest BCUT2D eigenvalue weighted by Crippen LogP contribution is -2.10. The second kappa shape index (κ2) is 4.92. The molecule has 1 aliphatic carbocycles. The highest BCUT2D eigenvalue weighted by molar-refractivity contribution is 7.96. The summed E-state index contributed by atoms with van der Waals surface area (Å²) in [6, 6.07) is 2.57. The van der Waals surface area contributed by atoms with Crippen molar-refractivity contribution < 1.29 is 4.28 Å². The van der Waals surface area contributed by atoms with Gasteiger partial charge in [-0.3, -0.25) is 8.99 Å². The van der Waals surface area contributed by atoms with Gasteiger partial charge in [-0.25, -0.2) is 10.2 Å². The van der Waals surface area contributed by atoms with E-state index in [0.717, 1.165) is 18.0 Å². The molecule has 0 radical (unpaired) electrons. The fourth-order valence-corrected chi connectivity index (χ4v) is 1.44. The molecule has 0 amide bonds. The highest BCUT2D eigenvalue weighted by Crippen LogP contribution is 2.34. The maximum atomic E-state index is 4.93. The van der Waals surface area contributed by atoms with E-state index in [0.29, 0.717) is 6.04 Å². The number of aromatic nitrogens is 2. The van der Waals surface area contributed by atoms with Crippen molar-refractivity contribution in [2.75, 3.05) is 11.4 Å². The summed E-state index contributed by atoms with van der Waals surface area (Å²) in [6.07, 6.45) is 4.47. The van der Waals surface area contributed by atoms with Crippen LogP contribution in [0, 0.1) is 0 Å². The Labute approximate surface area is 94.3 Å². The SMILES string of the molecule is CN(SON)c1ccn(C2CC2)n1.S. The Morgan fingerprint density at radius 1 is 1.71 bits per heavy atom. The summed E-state index contributed by atoms with van der Waals surface area (Å²) < 4.78 is 8.20. The molecule has 0 atom stereocenters. The molecular formula is C7H14N4OS2. The molecular weight excluding hydrogens is 220 g/mol. The first kappa shape index (κ1) is 11.7. The van der Waals surface area contributed by atoms with Gasteiger partial charge in [-0.15, -0.1) is 0 Å². The van der Waals surface area contributed by atoms with E-state index in [1.165, 1.54) is 12.8 Å². The summed E-state index contributed by atoms with van der Waals surface area (Å²) in [5.74, 6) is 5.80. The molecule has 1 aliphatic rings. The van der Waals surface area contributed by atoms with Gasteiger partial charge in [0.05, 0.1) is 6.04 Å². The summed E-state index contributed by atoms with van der Waals surface area (Å²) in [7, 11) is 1.86. The van der Waals surface area contributed by atoms with Crippen LogP contribution < -0.4 is 10.2 Å². The van der Waals surface area contributed by atoms with Crippen LogP contribution in [0.15, 0.2) is 12.3 Å². The van der Waals surface area contributed by atoms with Crippen molar-refractivity contribution in [1.82, 2.24) is 9.78 Å². The van der Waals surface area contributed by atoms with Crippen LogP contribution in [-0.2, 0) is 4.28 Å². The van der Waals surface area contributed by atoms with Gasteiger partial charge >= 0.3 is 0 Å². The Morgan fingerprint density at radius 3 is 3.00 bits per heavy atom. The van der Waals surface area contributed by atoms with Gasteiger partial charge in [0.2, 0.25) is 0 Å². The van der Waals surface area contributed by atoms with Crippen LogP contribution in [0.1, 0.15) is 18.9 Å². The summed E-state index contributed by atoms with van der Waals surface area (Å²) in [5, 5.41) is 4.38. The zero-order valence-electron chi connectivity index (χ0n) is 7.88. The van der Waals surface area contributed by atoms with E-state index in [1.54, 1.807) is 4.31 Å². The van der Waals surface area contributed by atoms with Crippen LogP contribution in [0.3, 0.4) is 0 Å². The number of hydrogen-bond donors (Lipinski definition) is 1. The maximum Gasteiger partial charge on any atom is 0.161 e. The third-order valence-corrected chi connectivity index (χ3v) is 2.49. The minimum atomic E-state index is 0. The van der Waals surface area contributed by atoms with E-state index in [-0.39, 0.29) is 13.5 Å². The van der Waals surface area contributed by atoms with Crippen LogP contribution in [-0.4, -0.2) is 16.8 Å². The second-order valence-electron chi connectivity index (χ2n) is 3.05. The number of anilines is 1. The molecule has 0 bridgehead atoms. The molecule has 2 N–H and O–H groups in total. The van der Waals surface area contributed by atoms with Gasteiger partial charge in [0.1, 0.15) is 12.2 Å². The summed E-state index contributed by atoms with van der Waals surface area (Å²) in [4.78, 5) is 0. The maximum absolute atomic E-state index is 4.93. The van der Waals surface area contributed by atoms with Crippen molar-refractivity contribution >= 4 is 31.5 Å². The largest absolute Gasteiger partial charge is 0.277 e. The smallest absolute Gasteiger partial charge is 0.161 e. The van der Waals surface area contributed by atoms with Crippen LogP contribution in [0.25, 0.3) is 0 Å². The highest BCUT2D eigenvalue weighted by atomic mass is 32.2. The number of nitrogens with zero attached hydrogens (tertiary/aromatic N) is 3. The summed E-state index contributed by atoms with van der Waals surface area (Å²) >= 11 is 1.07. The van der Waals surface area contributed by atoms with Gasteiger partial charge in [-0.2, -0.15) is 18.6 Å². The molecule has 80 valence electrons. The van der Waals surface area contributed by atoms with Crippen molar-refractivity contribution in [3.8, 4) is 0 Å². The van der Waals surface area contributed by atoms with E-state index < -0.39 is 0 Å². The lowest BCUT2D eigenvalue weighted by molar-refractivity contribution is 0.397. The summed E-state index contributed by atoms with van der Waals surface area (Å²) in [6.45, 7) is 0. The van der Waals surface area contributed by atoms with Gasteiger partial charge in [-0.05, 0) is 12.8 Å². The van der Waals surface area contributed by atoms with Gasteiger partial charge in [0.15, 0.2) is 5.82 Å². The van der Waals surface area contributed by atoms with Gasteiger partial charge in [-0.1, -0.05) is 0 Å². The fourth-order valence-electron chi connectivity index (χ4n) is 1.14. The fraction of sp³-hybridized carbons (Fsp3) is 0.571. The quantitative estimate of drug-likeness (QED) is 0.482. The molecule has 5 nitrogen and oxygen atoms in total. The lowest BCUT2D eigenvalue weighted by atomic mass is 10.6. The predicted molar refractivity (Wildman–Crippen MR) is 62.1 cm³/mol. The molecule has 0 aromatic carbocycles. The molecule has 1 aromatic heterocycles. The van der Waals surface area contributed by atoms with Crippen LogP contribution in [0.2, 0.25) is 0 Å². The molecule has 0 saturated heterocycles. The first-order valence-corrected chi connectivity index (χ1v) is 4.83. The standard InChI is InChI=1S/C7H12N4OS.H2S/c1-10(13-12-8)7-4-5-11(9-7)6-2-3-6;/h4-6H,2-3,8H2,1H3;1H2. The predicted octanol–water partition coefficient (Wildman–Crippen LogP) is 1.22. The molecule has 1 saturated carbocycles. The van der Waals surface area contributed by atoms with Crippen LogP contribution >= 0.6 is 25.7 Å². The normalized spacial score (nSPS) is 15.0. The van der Waals surface area contributed by atoms with Crippen molar-refractivity contribution in [2.24, 2.45) is 5.90 Å². The second-order valence-corrected chi connectivity index (χ2v) is 3.94. The van der Waals surface area contributed by atoms with E-state index in [9.17, 15) is 0 Å². The molecule has 2 rings (SSSR count). The van der Waals surface area contributed by atoms with E-state index >= 15 is 0 Å². The zero-order valence-corrected chi connectivity index (χ0v) is 9.70. The van der Waals surface area contributed by atoms with Crippen molar-refractivity contribution in [3.05, 3.63) is 12.3 Å². The average Bonchev–Trinajstić information content (AvgIpc) is 2.84. The minimum Gasteiger partial charge on any atom is -0.277 e. The summed E-state index contributed by atoms with van der Waals surface area (Å²) in [5.41, 5.74) is 0. The van der Waals surface area contributed by atoms with E-state index in [4.69, 9.17) is 5.90 Å². The molecule has 1 fully saturated rings. The van der Waals surface area contributed by atoms with Gasteiger partial charge < -0.3 is 0 Å². The van der Waals surface area contributed by atoms with Gasteiger partial charge in [0.25, 0.3) is 0 Å². The van der Waals surface area contributed by atoms with Crippen molar-refractivity contribution in [1.29, 1.82) is 0 Å². The van der Waals surface area contributed by atoms with Crippen molar-refractivity contribution in [2.45, 2.75) is 18.9 Å². The first-order valence-electron chi connectivity index (χ1n) is 4.13.